The SMILES string of the molecule is Cc1cnc2c(c1C)Cc1ncc(C)c(C)c1-2. The number of aromatic nitrogens is 2. The molecule has 0 amide bonds. The predicted molar refractivity (Wildman–Crippen MR) is 69.2 cm³/mol. The second-order valence-corrected chi connectivity index (χ2v) is 4.96. The van der Waals surface area contributed by atoms with Crippen molar-refractivity contribution < 1.29 is 0 Å². The largest absolute Gasteiger partial charge is 0.260 e. The minimum atomic E-state index is 0.937. The second kappa shape index (κ2) is 3.39. The summed E-state index contributed by atoms with van der Waals surface area (Å²) in [7, 11) is 0. The van der Waals surface area contributed by atoms with E-state index < -0.39 is 0 Å². The molecular formula is C15H16N2. The molecule has 2 aromatic heterocycles. The van der Waals surface area contributed by atoms with Crippen LogP contribution in [-0.2, 0) is 6.42 Å². The summed E-state index contributed by atoms with van der Waals surface area (Å²) in [5.41, 5.74) is 10.2. The van der Waals surface area contributed by atoms with Crippen LogP contribution in [0.15, 0.2) is 12.4 Å². The molecule has 86 valence electrons. The van der Waals surface area contributed by atoms with Crippen molar-refractivity contribution in [2.75, 3.05) is 0 Å². The van der Waals surface area contributed by atoms with Gasteiger partial charge in [-0.25, -0.2) is 0 Å². The van der Waals surface area contributed by atoms with E-state index >= 15 is 0 Å². The van der Waals surface area contributed by atoms with Gasteiger partial charge in [-0.3, -0.25) is 9.97 Å². The number of nitrogens with zero attached hydrogens (tertiary/aromatic N) is 2. The van der Waals surface area contributed by atoms with Gasteiger partial charge in [0.15, 0.2) is 0 Å². The fourth-order valence-electron chi connectivity index (χ4n) is 2.55. The summed E-state index contributed by atoms with van der Waals surface area (Å²) in [5.74, 6) is 0. The zero-order valence-corrected chi connectivity index (χ0v) is 10.8. The zero-order chi connectivity index (χ0) is 12.2. The van der Waals surface area contributed by atoms with E-state index in [1.165, 1.54) is 39.1 Å². The van der Waals surface area contributed by atoms with Crippen LogP contribution in [0.25, 0.3) is 11.3 Å². The van der Waals surface area contributed by atoms with Gasteiger partial charge in [0.1, 0.15) is 0 Å². The van der Waals surface area contributed by atoms with Crippen LogP contribution in [0.2, 0.25) is 0 Å². The summed E-state index contributed by atoms with van der Waals surface area (Å²) in [6.07, 6.45) is 4.89. The Morgan fingerprint density at radius 1 is 0.882 bits per heavy atom. The quantitative estimate of drug-likeness (QED) is 0.585. The third-order valence-electron chi connectivity index (χ3n) is 3.97. The van der Waals surface area contributed by atoms with E-state index in [9.17, 15) is 0 Å². The Morgan fingerprint density at radius 3 is 2.29 bits per heavy atom. The minimum absolute atomic E-state index is 0.937. The Balaban J connectivity index is 2.35. The molecule has 3 rings (SSSR count). The first-order valence-electron chi connectivity index (χ1n) is 6.00. The molecule has 0 saturated carbocycles. The number of fused-ring (bicyclic) bond motifs is 3. The lowest BCUT2D eigenvalue weighted by molar-refractivity contribution is 1.08. The minimum Gasteiger partial charge on any atom is -0.260 e. The Morgan fingerprint density at radius 2 is 1.53 bits per heavy atom. The average molecular weight is 224 g/mol. The van der Waals surface area contributed by atoms with Crippen molar-refractivity contribution in [2.45, 2.75) is 34.1 Å². The Labute approximate surface area is 102 Å². The van der Waals surface area contributed by atoms with Crippen LogP contribution in [0.5, 0.6) is 0 Å². The standard InChI is InChI=1S/C15H16N2/c1-8-7-17-15-12(10(8)3)5-13-14(15)11(4)9(2)6-16-13/h6-7H,5H2,1-4H3. The van der Waals surface area contributed by atoms with Crippen molar-refractivity contribution in [1.82, 2.24) is 9.97 Å². The molecule has 0 aliphatic heterocycles. The monoisotopic (exact) mass is 224 g/mol. The van der Waals surface area contributed by atoms with Gasteiger partial charge in [0.2, 0.25) is 0 Å². The predicted octanol–water partition coefficient (Wildman–Crippen LogP) is 3.28. The van der Waals surface area contributed by atoms with E-state index in [2.05, 4.69) is 37.7 Å². The van der Waals surface area contributed by atoms with E-state index in [1.807, 2.05) is 12.4 Å². The maximum atomic E-state index is 4.62. The molecule has 0 fully saturated rings. The van der Waals surface area contributed by atoms with E-state index in [0.717, 1.165) is 12.1 Å². The van der Waals surface area contributed by atoms with Crippen molar-refractivity contribution in [2.24, 2.45) is 0 Å². The van der Waals surface area contributed by atoms with E-state index in [1.54, 1.807) is 0 Å². The van der Waals surface area contributed by atoms with Crippen molar-refractivity contribution in [3.8, 4) is 11.3 Å². The lowest BCUT2D eigenvalue weighted by Crippen LogP contribution is -1.93. The lowest BCUT2D eigenvalue weighted by Gasteiger charge is -2.08. The number of rotatable bonds is 0. The van der Waals surface area contributed by atoms with Crippen molar-refractivity contribution in [3.05, 3.63) is 45.9 Å². The van der Waals surface area contributed by atoms with Gasteiger partial charge in [-0.05, 0) is 55.5 Å². The summed E-state index contributed by atoms with van der Waals surface area (Å²) in [4.78, 5) is 9.19. The molecular weight excluding hydrogens is 208 g/mol. The molecule has 0 N–H and O–H groups in total. The molecule has 0 radical (unpaired) electrons. The van der Waals surface area contributed by atoms with Gasteiger partial charge in [0, 0.05) is 24.4 Å². The van der Waals surface area contributed by atoms with Crippen molar-refractivity contribution in [3.63, 3.8) is 0 Å². The van der Waals surface area contributed by atoms with E-state index in [0.29, 0.717) is 0 Å². The Bertz CT molecular complexity index is 627. The molecule has 1 aliphatic rings. The first-order valence-corrected chi connectivity index (χ1v) is 6.00. The van der Waals surface area contributed by atoms with Gasteiger partial charge in [-0.15, -0.1) is 0 Å². The summed E-state index contributed by atoms with van der Waals surface area (Å²) in [6, 6.07) is 0. The first kappa shape index (κ1) is 10.5. The topological polar surface area (TPSA) is 25.8 Å². The van der Waals surface area contributed by atoms with Crippen LogP contribution in [-0.4, -0.2) is 9.97 Å². The highest BCUT2D eigenvalue weighted by Gasteiger charge is 2.25. The van der Waals surface area contributed by atoms with Crippen LogP contribution in [0.1, 0.15) is 33.5 Å². The third-order valence-corrected chi connectivity index (χ3v) is 3.97. The first-order chi connectivity index (χ1) is 8.09. The number of pyridine rings is 2. The average Bonchev–Trinajstić information content (AvgIpc) is 2.69. The molecule has 0 atom stereocenters. The molecule has 0 bridgehead atoms. The Hall–Kier alpha value is -1.70. The normalized spacial score (nSPS) is 12.5. The number of aryl methyl sites for hydroxylation is 2. The molecule has 0 unspecified atom stereocenters. The van der Waals surface area contributed by atoms with Crippen LogP contribution in [0, 0.1) is 27.7 Å². The smallest absolute Gasteiger partial charge is 0.0761 e. The second-order valence-electron chi connectivity index (χ2n) is 4.96. The molecule has 2 aromatic rings. The van der Waals surface area contributed by atoms with Crippen molar-refractivity contribution in [1.29, 1.82) is 0 Å². The van der Waals surface area contributed by atoms with Gasteiger partial charge in [0.25, 0.3) is 0 Å². The highest BCUT2D eigenvalue weighted by atomic mass is 14.8. The lowest BCUT2D eigenvalue weighted by atomic mass is 10.0. The van der Waals surface area contributed by atoms with Gasteiger partial charge in [-0.2, -0.15) is 0 Å². The molecule has 2 heterocycles. The van der Waals surface area contributed by atoms with Crippen LogP contribution in [0.4, 0.5) is 0 Å². The van der Waals surface area contributed by atoms with Crippen LogP contribution < -0.4 is 0 Å². The molecule has 0 spiro atoms. The third kappa shape index (κ3) is 1.33. The molecule has 2 heteroatoms. The maximum Gasteiger partial charge on any atom is 0.0761 e. The zero-order valence-electron chi connectivity index (χ0n) is 10.8. The highest BCUT2D eigenvalue weighted by Crippen LogP contribution is 2.39. The number of hydrogen-bond acceptors (Lipinski definition) is 2. The van der Waals surface area contributed by atoms with Gasteiger partial charge >= 0.3 is 0 Å². The van der Waals surface area contributed by atoms with Gasteiger partial charge in [0.05, 0.1) is 11.4 Å². The Kier molecular flexibility index (Phi) is 2.09. The molecule has 0 aromatic carbocycles. The fraction of sp³-hybridized carbons (Fsp3) is 0.333. The summed E-state index contributed by atoms with van der Waals surface area (Å²) in [6.45, 7) is 8.59. The highest BCUT2D eigenvalue weighted by molar-refractivity contribution is 5.77. The molecule has 0 saturated heterocycles. The summed E-state index contributed by atoms with van der Waals surface area (Å²) in [5, 5.41) is 0. The maximum absolute atomic E-state index is 4.62. The molecule has 2 nitrogen and oxygen atoms in total. The number of hydrogen-bond donors (Lipinski definition) is 0. The van der Waals surface area contributed by atoms with Crippen molar-refractivity contribution >= 4 is 0 Å². The summed E-state index contributed by atoms with van der Waals surface area (Å²) < 4.78 is 0. The molecule has 17 heavy (non-hydrogen) atoms. The van der Waals surface area contributed by atoms with Crippen LogP contribution >= 0.6 is 0 Å². The van der Waals surface area contributed by atoms with E-state index in [-0.39, 0.29) is 0 Å². The fourth-order valence-corrected chi connectivity index (χ4v) is 2.55. The molecule has 1 aliphatic carbocycles. The van der Waals surface area contributed by atoms with Gasteiger partial charge < -0.3 is 0 Å². The van der Waals surface area contributed by atoms with Gasteiger partial charge in [-0.1, -0.05) is 0 Å². The van der Waals surface area contributed by atoms with E-state index in [4.69, 9.17) is 0 Å². The van der Waals surface area contributed by atoms with Crippen LogP contribution in [0.3, 0.4) is 0 Å². The summed E-state index contributed by atoms with van der Waals surface area (Å²) >= 11 is 0.